The molecule has 48 heavy (non-hydrogen) atoms. The van der Waals surface area contributed by atoms with Crippen LogP contribution in [0.15, 0.2) is 66.9 Å². The third kappa shape index (κ3) is 17.1. The van der Waals surface area contributed by atoms with E-state index in [9.17, 15) is 9.69 Å². The van der Waals surface area contributed by atoms with E-state index in [0.29, 0.717) is 18.8 Å². The van der Waals surface area contributed by atoms with Crippen LogP contribution < -0.4 is 14.4 Å². The van der Waals surface area contributed by atoms with Crippen molar-refractivity contribution in [3.8, 4) is 5.75 Å². The quantitative estimate of drug-likeness (QED) is 0.0473. The zero-order chi connectivity index (χ0) is 34.1. The van der Waals surface area contributed by atoms with Crippen LogP contribution in [0.5, 0.6) is 5.75 Å². The Hall–Kier alpha value is -2.77. The fourth-order valence-electron chi connectivity index (χ4n) is 5.79. The van der Waals surface area contributed by atoms with Crippen LogP contribution in [-0.4, -0.2) is 44.0 Å². The number of pyridine rings is 1. The molecule has 2 unspecified atom stereocenters. The summed E-state index contributed by atoms with van der Waals surface area (Å²) < 4.78 is 24.0. The second-order valence-corrected chi connectivity index (χ2v) is 13.6. The first-order valence-corrected chi connectivity index (χ1v) is 19.4. The van der Waals surface area contributed by atoms with Crippen molar-refractivity contribution in [2.45, 2.75) is 122 Å². The van der Waals surface area contributed by atoms with Gasteiger partial charge in [0.1, 0.15) is 18.5 Å². The molecule has 1 aromatic heterocycles. The monoisotopic (exact) mass is 683 g/mol. The van der Waals surface area contributed by atoms with E-state index in [-0.39, 0.29) is 13.2 Å². The van der Waals surface area contributed by atoms with Crippen molar-refractivity contribution >= 4 is 25.6 Å². The Labute approximate surface area is 290 Å². The molecule has 0 radical (unpaired) electrons. The number of hydrogen-bond acceptors (Lipinski definition) is 6. The molecule has 0 aliphatic carbocycles. The maximum atomic E-state index is 12.1. The number of methoxy groups -OCH3 is 1. The number of amides is 1. The summed E-state index contributed by atoms with van der Waals surface area (Å²) in [6.45, 7) is 3.57. The molecule has 0 saturated heterocycles. The summed E-state index contributed by atoms with van der Waals surface area (Å²) in [5.41, 5.74) is 2.17. The van der Waals surface area contributed by atoms with Gasteiger partial charge in [-0.05, 0) is 30.7 Å². The fraction of sp³-hybridized carbons (Fsp3) is 0.590. The van der Waals surface area contributed by atoms with Crippen molar-refractivity contribution in [3.63, 3.8) is 0 Å². The highest BCUT2D eigenvalue weighted by molar-refractivity contribution is 7.41. The summed E-state index contributed by atoms with van der Waals surface area (Å²) >= 11 is 0. The van der Waals surface area contributed by atoms with E-state index in [2.05, 4.69) is 35.0 Å². The van der Waals surface area contributed by atoms with Crippen molar-refractivity contribution in [3.05, 3.63) is 72.4 Å². The fourth-order valence-corrected chi connectivity index (χ4v) is 6.43. The summed E-state index contributed by atoms with van der Waals surface area (Å²) in [6.07, 6.45) is 22.2. The number of para-hydroxylation sites is 1. The van der Waals surface area contributed by atoms with Gasteiger partial charge in [-0.3, -0.25) is 4.52 Å². The predicted octanol–water partition coefficient (Wildman–Crippen LogP) is 9.79. The second kappa shape index (κ2) is 25.2. The standard InChI is InChI=1S/C39H59N2O6P/c1-3-4-5-6-7-8-9-10-11-12-13-14-15-16-17-20-28-40-39(42)45-32-37(44-2)33-46-48(43)47-36-26-21-23-34(30-36)31-41-29-22-25-35-24-18-19-27-38(35)41/h18-19,21-27,29-30,37,43H,3-17,20,28,31-33H2,1-2H3/p+1. The van der Waals surface area contributed by atoms with Gasteiger partial charge in [0, 0.05) is 36.7 Å². The molecule has 2 N–H and O–H groups in total. The van der Waals surface area contributed by atoms with Gasteiger partial charge in [0.25, 0.3) is 0 Å². The van der Waals surface area contributed by atoms with Crippen LogP contribution in [0.3, 0.4) is 0 Å². The molecule has 3 rings (SSSR count). The molecule has 9 heteroatoms. The van der Waals surface area contributed by atoms with Gasteiger partial charge in [-0.1, -0.05) is 128 Å². The van der Waals surface area contributed by atoms with Gasteiger partial charge < -0.3 is 24.2 Å². The number of nitrogens with one attached hydrogen (secondary N) is 1. The first kappa shape index (κ1) is 39.7. The predicted molar refractivity (Wildman–Crippen MR) is 195 cm³/mol. The van der Waals surface area contributed by atoms with Gasteiger partial charge in [0.05, 0.1) is 6.61 Å². The lowest BCUT2D eigenvalue weighted by atomic mass is 10.0. The van der Waals surface area contributed by atoms with Crippen LogP contribution in [0.25, 0.3) is 10.9 Å². The minimum absolute atomic E-state index is 0.0161. The zero-order valence-corrected chi connectivity index (χ0v) is 30.3. The molecule has 2 aromatic carbocycles. The molecule has 2 atom stereocenters. The highest BCUT2D eigenvalue weighted by atomic mass is 31.2. The number of unbranched alkanes of at least 4 members (excludes halogenated alkanes) is 15. The number of rotatable bonds is 27. The molecule has 266 valence electrons. The minimum atomic E-state index is -2.19. The van der Waals surface area contributed by atoms with Crippen LogP contribution >= 0.6 is 8.60 Å². The van der Waals surface area contributed by atoms with E-state index in [1.807, 2.05) is 42.6 Å². The van der Waals surface area contributed by atoms with E-state index in [1.54, 1.807) is 6.07 Å². The number of hydrogen-bond donors (Lipinski definition) is 2. The molecular weight excluding hydrogens is 623 g/mol. The molecule has 0 spiro atoms. The zero-order valence-electron chi connectivity index (χ0n) is 29.5. The average molecular weight is 684 g/mol. The number of benzene rings is 2. The van der Waals surface area contributed by atoms with Gasteiger partial charge in [0.2, 0.25) is 5.52 Å². The lowest BCUT2D eigenvalue weighted by Gasteiger charge is -2.18. The largest absolute Gasteiger partial charge is 0.447 e. The van der Waals surface area contributed by atoms with Crippen molar-refractivity contribution in [2.75, 3.05) is 26.9 Å². The third-order valence-electron chi connectivity index (χ3n) is 8.63. The molecule has 1 heterocycles. The molecule has 0 saturated carbocycles. The molecule has 0 aliphatic heterocycles. The van der Waals surface area contributed by atoms with E-state index in [0.717, 1.165) is 23.9 Å². The Morgan fingerprint density at radius 3 is 2.08 bits per heavy atom. The Morgan fingerprint density at radius 2 is 1.42 bits per heavy atom. The maximum absolute atomic E-state index is 12.1. The van der Waals surface area contributed by atoms with Crippen molar-refractivity contribution in [2.24, 2.45) is 0 Å². The van der Waals surface area contributed by atoms with Crippen molar-refractivity contribution in [1.29, 1.82) is 0 Å². The van der Waals surface area contributed by atoms with E-state index >= 15 is 0 Å². The van der Waals surface area contributed by atoms with Gasteiger partial charge in [0.15, 0.2) is 12.7 Å². The summed E-state index contributed by atoms with van der Waals surface area (Å²) in [5.74, 6) is 0.514. The van der Waals surface area contributed by atoms with Crippen LogP contribution in [0, 0.1) is 0 Å². The summed E-state index contributed by atoms with van der Waals surface area (Å²) in [4.78, 5) is 22.5. The van der Waals surface area contributed by atoms with Crippen LogP contribution in [0.1, 0.15) is 115 Å². The Bertz CT molecular complexity index is 1270. The highest BCUT2D eigenvalue weighted by Crippen LogP contribution is 2.35. The highest BCUT2D eigenvalue weighted by Gasteiger charge is 2.17. The van der Waals surface area contributed by atoms with Gasteiger partial charge in [-0.25, -0.2) is 4.79 Å². The maximum Gasteiger partial charge on any atom is 0.407 e. The van der Waals surface area contributed by atoms with Gasteiger partial charge >= 0.3 is 14.7 Å². The minimum Gasteiger partial charge on any atom is -0.447 e. The number of alkyl carbamates (subject to hydrolysis) is 1. The number of aromatic nitrogens is 1. The van der Waals surface area contributed by atoms with Crippen molar-refractivity contribution in [1.82, 2.24) is 5.32 Å². The van der Waals surface area contributed by atoms with Gasteiger partial charge in [-0.2, -0.15) is 4.57 Å². The number of fused-ring (bicyclic) bond motifs is 1. The third-order valence-corrected chi connectivity index (χ3v) is 9.36. The van der Waals surface area contributed by atoms with E-state index in [1.165, 1.54) is 102 Å². The Morgan fingerprint density at radius 1 is 0.792 bits per heavy atom. The molecular formula is C39H60N2O6P+. The molecule has 3 aromatic rings. The summed E-state index contributed by atoms with van der Waals surface area (Å²) in [5, 5.41) is 3.98. The Kier molecular flexibility index (Phi) is 20.9. The van der Waals surface area contributed by atoms with E-state index in [4.69, 9.17) is 18.5 Å². The number of ether oxygens (including phenoxy) is 2. The lowest BCUT2D eigenvalue weighted by molar-refractivity contribution is -0.662. The second-order valence-electron chi connectivity index (χ2n) is 12.7. The normalized spacial score (nSPS) is 12.6. The summed E-state index contributed by atoms with van der Waals surface area (Å²) in [7, 11) is -0.676. The van der Waals surface area contributed by atoms with Crippen molar-refractivity contribution < 1.29 is 32.8 Å². The topological polar surface area (TPSA) is 90.1 Å². The first-order valence-electron chi connectivity index (χ1n) is 18.3. The molecule has 0 bridgehead atoms. The molecule has 0 fully saturated rings. The SMILES string of the molecule is CCCCCCCCCCCCCCCCCCNC(=O)OCC(COP(O)Oc1cccc(C[n+]2cccc3ccccc32)c1)OC. The molecule has 1 amide bonds. The number of carbonyl (C=O) groups excluding carboxylic acids is 1. The molecule has 8 nitrogen and oxygen atoms in total. The van der Waals surface area contributed by atoms with E-state index < -0.39 is 20.8 Å². The smallest absolute Gasteiger partial charge is 0.407 e. The Balaban J connectivity index is 1.18. The van der Waals surface area contributed by atoms with Crippen LogP contribution in [0.2, 0.25) is 0 Å². The van der Waals surface area contributed by atoms with Gasteiger partial charge in [-0.15, -0.1) is 0 Å². The number of nitrogens with zero attached hydrogens (tertiary/aromatic N) is 1. The first-order chi connectivity index (χ1) is 23.6. The summed E-state index contributed by atoms with van der Waals surface area (Å²) in [6, 6.07) is 20.0. The average Bonchev–Trinajstić information content (AvgIpc) is 3.10. The van der Waals surface area contributed by atoms with Crippen LogP contribution in [0.4, 0.5) is 4.79 Å². The van der Waals surface area contributed by atoms with Crippen LogP contribution in [-0.2, 0) is 20.5 Å². The molecule has 0 aliphatic rings. The lowest BCUT2D eigenvalue weighted by Crippen LogP contribution is -2.34. The number of carbonyl (C=O) groups is 1.